The maximum atomic E-state index is 13.3. The van der Waals surface area contributed by atoms with Crippen LogP contribution in [0.4, 0.5) is 4.39 Å². The summed E-state index contributed by atoms with van der Waals surface area (Å²) in [5.74, 6) is 0.0261. The number of hydrogen-bond donors (Lipinski definition) is 0. The van der Waals surface area contributed by atoms with Crippen molar-refractivity contribution in [3.05, 3.63) is 35.9 Å². The first-order chi connectivity index (χ1) is 6.61. The second-order valence-electron chi connectivity index (χ2n) is 3.20. The van der Waals surface area contributed by atoms with Crippen LogP contribution in [0.2, 0.25) is 0 Å². The molecule has 0 atom stereocenters. The van der Waals surface area contributed by atoms with E-state index >= 15 is 0 Å². The van der Waals surface area contributed by atoms with E-state index in [1.807, 2.05) is 0 Å². The number of unbranched alkanes of at least 4 members (excludes halogenated alkanes) is 1. The van der Waals surface area contributed by atoms with Crippen LogP contribution < -0.4 is 0 Å². The van der Waals surface area contributed by atoms with Gasteiger partial charge in [0.25, 0.3) is 0 Å². The third-order valence-electron chi connectivity index (χ3n) is 1.83. The Kier molecular flexibility index (Phi) is 6.81. The minimum absolute atomic E-state index is 0.321. The van der Waals surface area contributed by atoms with Crippen LogP contribution in [0.5, 0.6) is 0 Å². The molecule has 0 aromatic carbocycles. The molecular formula is C12H19FO. The Morgan fingerprint density at radius 2 is 2.07 bits per heavy atom. The number of rotatable bonds is 6. The molecule has 0 rings (SSSR count). The number of ether oxygens (including phenoxy) is 1. The van der Waals surface area contributed by atoms with Gasteiger partial charge in [0.2, 0.25) is 0 Å². The van der Waals surface area contributed by atoms with Gasteiger partial charge in [-0.15, -0.1) is 0 Å². The Morgan fingerprint density at radius 3 is 2.57 bits per heavy atom. The van der Waals surface area contributed by atoms with E-state index in [2.05, 4.69) is 13.5 Å². The van der Waals surface area contributed by atoms with Gasteiger partial charge in [0, 0.05) is 0 Å². The third-order valence-corrected chi connectivity index (χ3v) is 1.83. The summed E-state index contributed by atoms with van der Waals surface area (Å²) in [6.45, 7) is 9.63. The van der Waals surface area contributed by atoms with E-state index in [4.69, 9.17) is 4.74 Å². The van der Waals surface area contributed by atoms with Crippen LogP contribution in [0.25, 0.3) is 0 Å². The lowest BCUT2D eigenvalue weighted by Crippen LogP contribution is -1.93. The Labute approximate surface area is 86.0 Å². The summed E-state index contributed by atoms with van der Waals surface area (Å²) in [4.78, 5) is 0. The predicted molar refractivity (Wildman–Crippen MR) is 58.6 cm³/mol. The van der Waals surface area contributed by atoms with Gasteiger partial charge in [-0.3, -0.25) is 0 Å². The molecule has 0 N–H and O–H groups in total. The van der Waals surface area contributed by atoms with Crippen LogP contribution in [0.1, 0.15) is 33.6 Å². The highest BCUT2D eigenvalue weighted by Gasteiger charge is 1.99. The summed E-state index contributed by atoms with van der Waals surface area (Å²) in [6.07, 6.45) is 5.04. The van der Waals surface area contributed by atoms with Crippen molar-refractivity contribution in [2.24, 2.45) is 0 Å². The molecule has 0 spiro atoms. The van der Waals surface area contributed by atoms with Gasteiger partial charge in [-0.2, -0.15) is 0 Å². The number of halogens is 1. The molecule has 0 aliphatic carbocycles. The first-order valence-corrected chi connectivity index (χ1v) is 4.91. The third kappa shape index (κ3) is 5.57. The quantitative estimate of drug-likeness (QED) is 0.354. The lowest BCUT2D eigenvalue weighted by Gasteiger charge is -2.05. The zero-order valence-electron chi connectivity index (χ0n) is 9.27. The van der Waals surface area contributed by atoms with Crippen molar-refractivity contribution in [3.8, 4) is 0 Å². The standard InChI is InChI=1S/C12H19FO/c1-5-7-8-14-11(4)12(13)9-10(3)6-2/h6,9H,2,5,7-8H2,1,3-4H3/b10-9-,12-11-. The zero-order valence-corrected chi connectivity index (χ0v) is 9.27. The second kappa shape index (κ2) is 7.36. The Morgan fingerprint density at radius 1 is 1.43 bits per heavy atom. The number of allylic oxidation sites excluding steroid dienone is 5. The fourth-order valence-electron chi connectivity index (χ4n) is 0.799. The van der Waals surface area contributed by atoms with Crippen molar-refractivity contribution in [1.82, 2.24) is 0 Å². The molecule has 0 radical (unpaired) electrons. The first kappa shape index (κ1) is 12.9. The maximum absolute atomic E-state index is 13.3. The molecule has 0 aromatic heterocycles. The van der Waals surface area contributed by atoms with Gasteiger partial charge in [0.15, 0.2) is 5.83 Å². The van der Waals surface area contributed by atoms with Crippen molar-refractivity contribution in [2.45, 2.75) is 33.6 Å². The van der Waals surface area contributed by atoms with Crippen LogP contribution in [0.3, 0.4) is 0 Å². The van der Waals surface area contributed by atoms with E-state index < -0.39 is 0 Å². The topological polar surface area (TPSA) is 9.23 Å². The van der Waals surface area contributed by atoms with E-state index in [-0.39, 0.29) is 5.83 Å². The molecule has 0 heterocycles. The minimum atomic E-state index is -0.321. The SMILES string of the molecule is C=C/C(C)=C\C(F)=C(/C)OCCCC. The molecule has 1 nitrogen and oxygen atoms in total. The van der Waals surface area contributed by atoms with Gasteiger partial charge in [0.1, 0.15) is 5.76 Å². The molecular weight excluding hydrogens is 179 g/mol. The van der Waals surface area contributed by atoms with Crippen LogP contribution in [-0.2, 0) is 4.74 Å². The van der Waals surface area contributed by atoms with Gasteiger partial charge in [0.05, 0.1) is 6.61 Å². The fraction of sp³-hybridized carbons (Fsp3) is 0.500. The Balaban J connectivity index is 4.21. The van der Waals surface area contributed by atoms with Gasteiger partial charge in [-0.05, 0) is 31.9 Å². The highest BCUT2D eigenvalue weighted by Crippen LogP contribution is 2.12. The van der Waals surface area contributed by atoms with E-state index in [1.54, 1.807) is 19.9 Å². The smallest absolute Gasteiger partial charge is 0.160 e. The van der Waals surface area contributed by atoms with E-state index in [1.165, 1.54) is 6.08 Å². The average Bonchev–Trinajstić information content (AvgIpc) is 2.17. The monoisotopic (exact) mass is 198 g/mol. The largest absolute Gasteiger partial charge is 0.495 e. The van der Waals surface area contributed by atoms with Crippen LogP contribution >= 0.6 is 0 Å². The molecule has 2 heteroatoms. The molecule has 0 fully saturated rings. The lowest BCUT2D eigenvalue weighted by molar-refractivity contribution is 0.200. The highest BCUT2D eigenvalue weighted by atomic mass is 19.1. The Bertz CT molecular complexity index is 239. The fourth-order valence-corrected chi connectivity index (χ4v) is 0.799. The zero-order chi connectivity index (χ0) is 11.0. The molecule has 0 saturated carbocycles. The summed E-state index contributed by atoms with van der Waals surface area (Å²) < 4.78 is 18.5. The summed E-state index contributed by atoms with van der Waals surface area (Å²) >= 11 is 0. The number of hydrogen-bond acceptors (Lipinski definition) is 1. The summed E-state index contributed by atoms with van der Waals surface area (Å²) in [5.41, 5.74) is 0.793. The van der Waals surface area contributed by atoms with Gasteiger partial charge >= 0.3 is 0 Å². The van der Waals surface area contributed by atoms with Gasteiger partial charge in [-0.25, -0.2) is 4.39 Å². The van der Waals surface area contributed by atoms with Crippen LogP contribution in [0, 0.1) is 0 Å². The minimum Gasteiger partial charge on any atom is -0.495 e. The molecule has 0 aliphatic heterocycles. The van der Waals surface area contributed by atoms with E-state index in [9.17, 15) is 4.39 Å². The normalized spacial score (nSPS) is 13.6. The molecule has 0 aliphatic rings. The van der Waals surface area contributed by atoms with Gasteiger partial charge in [-0.1, -0.05) is 26.0 Å². The Hall–Kier alpha value is -1.05. The van der Waals surface area contributed by atoms with Crippen molar-refractivity contribution in [3.63, 3.8) is 0 Å². The summed E-state index contributed by atoms with van der Waals surface area (Å²) in [7, 11) is 0. The van der Waals surface area contributed by atoms with Crippen molar-refractivity contribution in [1.29, 1.82) is 0 Å². The highest BCUT2D eigenvalue weighted by molar-refractivity contribution is 5.24. The van der Waals surface area contributed by atoms with E-state index in [0.717, 1.165) is 18.4 Å². The molecule has 0 bridgehead atoms. The average molecular weight is 198 g/mol. The summed E-state index contributed by atoms with van der Waals surface area (Å²) in [5, 5.41) is 0. The predicted octanol–water partition coefficient (Wildman–Crippen LogP) is 4.14. The molecule has 14 heavy (non-hydrogen) atoms. The maximum Gasteiger partial charge on any atom is 0.160 e. The molecule has 0 amide bonds. The molecule has 0 aromatic rings. The molecule has 0 saturated heterocycles. The first-order valence-electron chi connectivity index (χ1n) is 4.91. The molecule has 0 unspecified atom stereocenters. The molecule has 80 valence electrons. The van der Waals surface area contributed by atoms with E-state index in [0.29, 0.717) is 12.4 Å². The van der Waals surface area contributed by atoms with Crippen LogP contribution in [-0.4, -0.2) is 6.61 Å². The van der Waals surface area contributed by atoms with Crippen molar-refractivity contribution >= 4 is 0 Å². The summed E-state index contributed by atoms with van der Waals surface area (Å²) in [6, 6.07) is 0. The van der Waals surface area contributed by atoms with Crippen LogP contribution in [0.15, 0.2) is 35.9 Å². The van der Waals surface area contributed by atoms with Gasteiger partial charge < -0.3 is 4.74 Å². The lowest BCUT2D eigenvalue weighted by atomic mass is 10.2. The van der Waals surface area contributed by atoms with Crippen molar-refractivity contribution < 1.29 is 9.13 Å². The second-order valence-corrected chi connectivity index (χ2v) is 3.20. The van der Waals surface area contributed by atoms with Crippen molar-refractivity contribution in [2.75, 3.05) is 6.61 Å².